The van der Waals surface area contributed by atoms with Crippen molar-refractivity contribution in [2.75, 3.05) is 0 Å². The van der Waals surface area contributed by atoms with Gasteiger partial charge in [0, 0.05) is 21.5 Å². The van der Waals surface area contributed by atoms with E-state index in [1.165, 1.54) is 87.1 Å². The maximum Gasteiger partial charge on any atom is 0.146 e. The van der Waals surface area contributed by atoms with Gasteiger partial charge in [0.15, 0.2) is 0 Å². The number of hydrogen-bond donors (Lipinski definition) is 0. The lowest BCUT2D eigenvalue weighted by Gasteiger charge is -2.12. The Labute approximate surface area is 282 Å². The van der Waals surface area contributed by atoms with Gasteiger partial charge in [-0.05, 0) is 96.4 Å². The molecular weight excluding hydrogens is 593 g/mol. The number of hydrogen-bond acceptors (Lipinski definition) is 1. The molecule has 0 saturated carbocycles. The normalized spacial score (nSPS) is 12.1. The van der Waals surface area contributed by atoms with Crippen LogP contribution in [0.15, 0.2) is 170 Å². The number of benzene rings is 9. The van der Waals surface area contributed by atoms with Crippen molar-refractivity contribution in [2.24, 2.45) is 0 Å². The molecule has 0 unspecified atom stereocenters. The average Bonchev–Trinajstić information content (AvgIpc) is 3.59. The molecule has 226 valence electrons. The number of pyridine rings is 1. The van der Waals surface area contributed by atoms with Crippen molar-refractivity contribution in [3.05, 3.63) is 170 Å². The summed E-state index contributed by atoms with van der Waals surface area (Å²) in [6.45, 7) is 0. The minimum absolute atomic E-state index is 0.997. The summed E-state index contributed by atoms with van der Waals surface area (Å²) < 4.78 is 2.39. The molecule has 11 aromatic rings. The minimum Gasteiger partial charge on any atom is -0.291 e. The van der Waals surface area contributed by atoms with Crippen LogP contribution < -0.4 is 0 Å². The molecule has 11 rings (SSSR count). The fourth-order valence-corrected chi connectivity index (χ4v) is 8.13. The van der Waals surface area contributed by atoms with E-state index in [0.717, 1.165) is 16.6 Å². The van der Waals surface area contributed by atoms with Gasteiger partial charge in [0.25, 0.3) is 0 Å². The summed E-state index contributed by atoms with van der Waals surface area (Å²) in [6.07, 6.45) is 0. The van der Waals surface area contributed by atoms with Gasteiger partial charge in [-0.25, -0.2) is 4.98 Å². The van der Waals surface area contributed by atoms with Gasteiger partial charge >= 0.3 is 0 Å². The van der Waals surface area contributed by atoms with E-state index in [9.17, 15) is 0 Å². The van der Waals surface area contributed by atoms with E-state index in [1.807, 2.05) is 0 Å². The van der Waals surface area contributed by atoms with E-state index in [4.69, 9.17) is 4.98 Å². The summed E-state index contributed by atoms with van der Waals surface area (Å²) in [5.41, 5.74) is 9.28. The van der Waals surface area contributed by atoms with Crippen LogP contribution in [0.4, 0.5) is 0 Å². The molecule has 0 aliphatic rings. The Morgan fingerprint density at radius 2 is 0.816 bits per heavy atom. The third kappa shape index (κ3) is 3.86. The molecule has 0 aliphatic carbocycles. The van der Waals surface area contributed by atoms with E-state index in [-0.39, 0.29) is 0 Å². The monoisotopic (exact) mass is 620 g/mol. The smallest absolute Gasteiger partial charge is 0.146 e. The Morgan fingerprint density at radius 1 is 0.327 bits per heavy atom. The molecule has 0 atom stereocenters. The standard InChI is InChI=1S/C47H28N2/c1-2-10-30-25-31(18-17-29(30)9-1)32-19-20-34-27-35(22-21-33(34)26-32)36-23-24-42-43(28-36)39-13-7-8-16-44(39)49-46-41-15-6-4-12-38(41)37-11-3-5-14-40(37)45(46)48-47(42)49/h1-28H. The van der Waals surface area contributed by atoms with E-state index in [1.54, 1.807) is 0 Å². The third-order valence-corrected chi connectivity index (χ3v) is 10.5. The van der Waals surface area contributed by atoms with E-state index in [0.29, 0.717) is 0 Å². The van der Waals surface area contributed by atoms with Crippen molar-refractivity contribution in [2.45, 2.75) is 0 Å². The van der Waals surface area contributed by atoms with Crippen LogP contribution in [0.2, 0.25) is 0 Å². The van der Waals surface area contributed by atoms with Gasteiger partial charge < -0.3 is 0 Å². The fourth-order valence-electron chi connectivity index (χ4n) is 8.13. The molecule has 49 heavy (non-hydrogen) atoms. The molecule has 0 N–H and O–H groups in total. The lowest BCUT2D eigenvalue weighted by atomic mass is 9.95. The highest BCUT2D eigenvalue weighted by Gasteiger charge is 2.19. The van der Waals surface area contributed by atoms with Crippen molar-refractivity contribution in [1.29, 1.82) is 0 Å². The first-order valence-electron chi connectivity index (χ1n) is 16.9. The number of rotatable bonds is 2. The highest BCUT2D eigenvalue weighted by Crippen LogP contribution is 2.40. The molecule has 0 amide bonds. The summed E-state index contributed by atoms with van der Waals surface area (Å²) in [6, 6.07) is 62.0. The number of fused-ring (bicyclic) bond motifs is 15. The van der Waals surface area contributed by atoms with Gasteiger partial charge in [-0.2, -0.15) is 0 Å². The molecule has 0 spiro atoms. The van der Waals surface area contributed by atoms with Crippen LogP contribution >= 0.6 is 0 Å². The van der Waals surface area contributed by atoms with Crippen molar-refractivity contribution >= 4 is 81.4 Å². The molecular formula is C47H28N2. The third-order valence-electron chi connectivity index (χ3n) is 10.5. The summed E-state index contributed by atoms with van der Waals surface area (Å²) in [7, 11) is 0. The first-order valence-corrected chi connectivity index (χ1v) is 16.9. The van der Waals surface area contributed by atoms with Gasteiger partial charge in [-0.3, -0.25) is 4.40 Å². The predicted octanol–water partition coefficient (Wildman–Crippen LogP) is 12.7. The average molecular weight is 621 g/mol. The molecule has 0 fully saturated rings. The Hall–Kier alpha value is -6.51. The number of aromatic nitrogens is 2. The Balaban J connectivity index is 1.11. The van der Waals surface area contributed by atoms with Crippen molar-refractivity contribution in [1.82, 2.24) is 9.38 Å². The Kier molecular flexibility index (Phi) is 5.42. The van der Waals surface area contributed by atoms with Crippen LogP contribution in [0.1, 0.15) is 0 Å². The summed E-state index contributed by atoms with van der Waals surface area (Å²) in [5, 5.41) is 13.5. The van der Waals surface area contributed by atoms with E-state index >= 15 is 0 Å². The topological polar surface area (TPSA) is 17.3 Å². The van der Waals surface area contributed by atoms with Gasteiger partial charge in [-0.15, -0.1) is 0 Å². The second kappa shape index (κ2) is 10.00. The van der Waals surface area contributed by atoms with Crippen molar-refractivity contribution in [3.63, 3.8) is 0 Å². The Morgan fingerprint density at radius 3 is 1.53 bits per heavy atom. The summed E-state index contributed by atoms with van der Waals surface area (Å²) >= 11 is 0. The quantitative estimate of drug-likeness (QED) is 0.176. The number of imidazole rings is 1. The minimum atomic E-state index is 0.997. The zero-order valence-electron chi connectivity index (χ0n) is 26.6. The highest BCUT2D eigenvalue weighted by atomic mass is 15.0. The summed E-state index contributed by atoms with van der Waals surface area (Å²) in [4.78, 5) is 5.43. The van der Waals surface area contributed by atoms with E-state index < -0.39 is 0 Å². The van der Waals surface area contributed by atoms with Crippen LogP contribution in [-0.4, -0.2) is 9.38 Å². The molecule has 0 radical (unpaired) electrons. The fraction of sp³-hybridized carbons (Fsp3) is 0. The molecule has 2 aromatic heterocycles. The van der Waals surface area contributed by atoms with Crippen LogP contribution in [0.25, 0.3) is 104 Å². The molecule has 0 aliphatic heterocycles. The van der Waals surface area contributed by atoms with Gasteiger partial charge in [-0.1, -0.05) is 133 Å². The lowest BCUT2D eigenvalue weighted by molar-refractivity contribution is 1.32. The Bertz CT molecular complexity index is 3170. The molecule has 2 nitrogen and oxygen atoms in total. The predicted molar refractivity (Wildman–Crippen MR) is 209 cm³/mol. The lowest BCUT2D eigenvalue weighted by Crippen LogP contribution is -1.92. The summed E-state index contributed by atoms with van der Waals surface area (Å²) in [5.74, 6) is 0. The second-order valence-electron chi connectivity index (χ2n) is 13.2. The van der Waals surface area contributed by atoms with Crippen molar-refractivity contribution < 1.29 is 0 Å². The SMILES string of the molecule is c1ccc2cc(-c3ccc4cc(-c5ccc6c(c5)c5ccccc5n5c6nc6c7ccccc7c7ccccc7c65)ccc4c3)ccc2c1. The number of para-hydroxylation sites is 1. The zero-order chi connectivity index (χ0) is 32.1. The highest BCUT2D eigenvalue weighted by molar-refractivity contribution is 6.26. The largest absolute Gasteiger partial charge is 0.291 e. The van der Waals surface area contributed by atoms with Crippen LogP contribution in [-0.2, 0) is 0 Å². The first-order chi connectivity index (χ1) is 24.3. The maximum absolute atomic E-state index is 5.43. The van der Waals surface area contributed by atoms with Crippen molar-refractivity contribution in [3.8, 4) is 22.3 Å². The maximum atomic E-state index is 5.43. The first kappa shape index (κ1) is 26.5. The molecule has 9 aromatic carbocycles. The molecule has 2 heterocycles. The van der Waals surface area contributed by atoms with Crippen LogP contribution in [0, 0.1) is 0 Å². The molecule has 0 bridgehead atoms. The van der Waals surface area contributed by atoms with Gasteiger partial charge in [0.2, 0.25) is 0 Å². The van der Waals surface area contributed by atoms with Crippen LogP contribution in [0.3, 0.4) is 0 Å². The second-order valence-corrected chi connectivity index (χ2v) is 13.2. The molecule has 2 heteroatoms. The van der Waals surface area contributed by atoms with Gasteiger partial charge in [0.05, 0.1) is 16.6 Å². The zero-order valence-corrected chi connectivity index (χ0v) is 26.6. The van der Waals surface area contributed by atoms with Gasteiger partial charge in [0.1, 0.15) is 5.65 Å². The number of nitrogens with zero attached hydrogens (tertiary/aromatic N) is 2. The van der Waals surface area contributed by atoms with Crippen LogP contribution in [0.5, 0.6) is 0 Å². The molecule has 0 saturated heterocycles. The van der Waals surface area contributed by atoms with E-state index in [2.05, 4.69) is 174 Å².